The third-order valence-corrected chi connectivity index (χ3v) is 8.29. The molecule has 2 atom stereocenters. The van der Waals surface area contributed by atoms with Crippen molar-refractivity contribution in [3.63, 3.8) is 0 Å². The number of amides is 1. The largest absolute Gasteiger partial charge is 0.507 e. The van der Waals surface area contributed by atoms with Crippen molar-refractivity contribution in [2.24, 2.45) is 0 Å². The van der Waals surface area contributed by atoms with Crippen LogP contribution in [0, 0.1) is 24.1 Å². The SMILES string of the molecule is C=CC(=O)N1[C@H](C)CN(c2c(C#N)c(=O)n(-c3c(C)ccnc3C(C)C)c3nc(-c4c(O)cccc4F)c(Cl)cc23)C[C@@H]1C. The molecular weight excluding hydrogens is 583 g/mol. The molecule has 1 amide bonds. The van der Waals surface area contributed by atoms with Gasteiger partial charge in [0.05, 0.1) is 33.3 Å². The lowest BCUT2D eigenvalue weighted by atomic mass is 10.0. The van der Waals surface area contributed by atoms with E-state index < -0.39 is 11.4 Å². The van der Waals surface area contributed by atoms with E-state index in [1.165, 1.54) is 28.8 Å². The van der Waals surface area contributed by atoms with Crippen LogP contribution in [0.15, 0.2) is 54.0 Å². The molecule has 9 nitrogen and oxygen atoms in total. The number of phenols is 1. The van der Waals surface area contributed by atoms with E-state index in [1.54, 1.807) is 23.2 Å². The van der Waals surface area contributed by atoms with E-state index in [9.17, 15) is 20.0 Å². The summed E-state index contributed by atoms with van der Waals surface area (Å²) in [7, 11) is 0. The highest BCUT2D eigenvalue weighted by atomic mass is 35.5. The number of carbonyl (C=O) groups excluding carboxylic acids is 1. The normalized spacial score (nSPS) is 16.8. The van der Waals surface area contributed by atoms with Crippen LogP contribution >= 0.6 is 11.6 Å². The van der Waals surface area contributed by atoms with Gasteiger partial charge in [-0.2, -0.15) is 5.26 Å². The van der Waals surface area contributed by atoms with Gasteiger partial charge in [-0.3, -0.25) is 19.1 Å². The maximum atomic E-state index is 15.1. The number of carbonyl (C=O) groups is 1. The van der Waals surface area contributed by atoms with E-state index in [0.29, 0.717) is 35.5 Å². The van der Waals surface area contributed by atoms with Crippen LogP contribution < -0.4 is 10.5 Å². The zero-order valence-corrected chi connectivity index (χ0v) is 25.9. The van der Waals surface area contributed by atoms with Gasteiger partial charge in [0.15, 0.2) is 0 Å². The van der Waals surface area contributed by atoms with E-state index in [0.717, 1.165) is 5.56 Å². The molecule has 3 aromatic heterocycles. The highest BCUT2D eigenvalue weighted by Crippen LogP contribution is 2.40. The van der Waals surface area contributed by atoms with Gasteiger partial charge in [-0.15, -0.1) is 0 Å². The molecule has 1 aromatic carbocycles. The maximum Gasteiger partial charge on any atom is 0.276 e. The number of aromatic hydroxyl groups is 1. The summed E-state index contributed by atoms with van der Waals surface area (Å²) in [5.41, 5.74) is 1.19. The first-order chi connectivity index (χ1) is 20.9. The summed E-state index contributed by atoms with van der Waals surface area (Å²) in [4.78, 5) is 40.0. The number of phenolic OH excluding ortho intramolecular Hbond substituents is 1. The molecule has 226 valence electrons. The van der Waals surface area contributed by atoms with Crippen LogP contribution in [0.2, 0.25) is 5.02 Å². The Hall–Kier alpha value is -4.75. The number of rotatable bonds is 5. The van der Waals surface area contributed by atoms with Crippen molar-refractivity contribution in [1.82, 2.24) is 19.4 Å². The van der Waals surface area contributed by atoms with Crippen LogP contribution in [0.4, 0.5) is 10.1 Å². The number of benzene rings is 1. The second-order valence-electron chi connectivity index (χ2n) is 11.4. The molecule has 0 saturated carbocycles. The minimum absolute atomic E-state index is 0.0156. The standard InChI is InChI=1S/C33H32ClFN6O3/c1-7-26(43)40-19(5)15-39(16-20(40)6)31-21-13-23(34)29(27-24(35)9-8-10-25(27)42)38-32(21)41(33(44)22(31)14-36)30-18(4)11-12-37-28(30)17(2)3/h7-13,17,19-20,42H,1,15-16H2,2-6H3/t19-,20+. The molecular formula is C33H32ClFN6O3. The fourth-order valence-electron chi connectivity index (χ4n) is 6.16. The number of nitrogens with zero attached hydrogens (tertiary/aromatic N) is 6. The van der Waals surface area contributed by atoms with Crippen molar-refractivity contribution < 1.29 is 14.3 Å². The quantitative estimate of drug-likeness (QED) is 0.280. The fraction of sp³-hybridized carbons (Fsp3) is 0.303. The third-order valence-electron chi connectivity index (χ3n) is 8.01. The number of aryl methyl sites for hydroxylation is 1. The second kappa shape index (κ2) is 11.7. The molecule has 1 aliphatic rings. The summed E-state index contributed by atoms with van der Waals surface area (Å²) < 4.78 is 16.5. The van der Waals surface area contributed by atoms with E-state index >= 15 is 4.39 Å². The first-order valence-electron chi connectivity index (χ1n) is 14.2. The number of anilines is 1. The van der Waals surface area contributed by atoms with Crippen molar-refractivity contribution in [3.8, 4) is 28.8 Å². The summed E-state index contributed by atoms with van der Waals surface area (Å²) >= 11 is 6.77. The molecule has 4 aromatic rings. The molecule has 1 saturated heterocycles. The molecule has 5 rings (SSSR count). The molecule has 1 N–H and O–H groups in total. The number of hydrogen-bond donors (Lipinski definition) is 1. The molecule has 11 heteroatoms. The summed E-state index contributed by atoms with van der Waals surface area (Å²) in [5.74, 6) is -1.42. The van der Waals surface area contributed by atoms with Crippen LogP contribution in [-0.2, 0) is 4.79 Å². The number of nitriles is 1. The smallest absolute Gasteiger partial charge is 0.276 e. The summed E-state index contributed by atoms with van der Waals surface area (Å²) in [6, 6.07) is 8.76. The molecule has 44 heavy (non-hydrogen) atoms. The van der Waals surface area contributed by atoms with Crippen LogP contribution in [0.25, 0.3) is 28.0 Å². The number of hydrogen-bond acceptors (Lipinski definition) is 7. The second-order valence-corrected chi connectivity index (χ2v) is 11.8. The van der Waals surface area contributed by atoms with Crippen LogP contribution in [-0.4, -0.2) is 55.6 Å². The zero-order chi connectivity index (χ0) is 32.0. The average molecular weight is 615 g/mol. The minimum Gasteiger partial charge on any atom is -0.507 e. The number of aromatic nitrogens is 3. The Kier molecular flexibility index (Phi) is 8.19. The summed E-state index contributed by atoms with van der Waals surface area (Å²) in [5, 5.41) is 21.5. The van der Waals surface area contributed by atoms with Crippen molar-refractivity contribution in [3.05, 3.63) is 87.2 Å². The monoisotopic (exact) mass is 614 g/mol. The van der Waals surface area contributed by atoms with Crippen LogP contribution in [0.3, 0.4) is 0 Å². The third kappa shape index (κ3) is 4.97. The van der Waals surface area contributed by atoms with Crippen LogP contribution in [0.5, 0.6) is 5.75 Å². The average Bonchev–Trinajstić information content (AvgIpc) is 2.96. The molecule has 0 bridgehead atoms. The number of halogens is 2. The number of fused-ring (bicyclic) bond motifs is 1. The lowest BCUT2D eigenvalue weighted by Gasteiger charge is -2.45. The van der Waals surface area contributed by atoms with Crippen molar-refractivity contribution >= 4 is 34.2 Å². The Bertz CT molecular complexity index is 1900. The van der Waals surface area contributed by atoms with Gasteiger partial charge < -0.3 is 14.9 Å². The highest BCUT2D eigenvalue weighted by molar-refractivity contribution is 6.34. The zero-order valence-electron chi connectivity index (χ0n) is 25.1. The Morgan fingerprint density at radius 3 is 2.50 bits per heavy atom. The van der Waals surface area contributed by atoms with Gasteiger partial charge in [0.1, 0.15) is 28.8 Å². The fourth-order valence-corrected chi connectivity index (χ4v) is 6.40. The topological polar surface area (TPSA) is 115 Å². The number of pyridine rings is 3. The molecule has 1 fully saturated rings. The van der Waals surface area contributed by atoms with Gasteiger partial charge in [-0.05, 0) is 62.6 Å². The Balaban J connectivity index is 1.92. The molecule has 0 radical (unpaired) electrons. The van der Waals surface area contributed by atoms with E-state index in [-0.39, 0.29) is 57.1 Å². The molecule has 4 heterocycles. The van der Waals surface area contributed by atoms with Crippen molar-refractivity contribution in [1.29, 1.82) is 5.26 Å². The maximum absolute atomic E-state index is 15.1. The minimum atomic E-state index is -0.743. The molecule has 0 spiro atoms. The Morgan fingerprint density at radius 2 is 1.91 bits per heavy atom. The number of piperazine rings is 1. The Labute approximate surface area is 259 Å². The van der Waals surface area contributed by atoms with Gasteiger partial charge in [0, 0.05) is 36.8 Å². The van der Waals surface area contributed by atoms with Gasteiger partial charge in [0.25, 0.3) is 5.56 Å². The molecule has 1 aliphatic heterocycles. The van der Waals surface area contributed by atoms with E-state index in [2.05, 4.69) is 17.6 Å². The molecule has 0 unspecified atom stereocenters. The predicted octanol–water partition coefficient (Wildman–Crippen LogP) is 5.86. The van der Waals surface area contributed by atoms with Gasteiger partial charge >= 0.3 is 0 Å². The van der Waals surface area contributed by atoms with Gasteiger partial charge in [0.2, 0.25) is 5.91 Å². The summed E-state index contributed by atoms with van der Waals surface area (Å²) in [6.07, 6.45) is 2.92. The van der Waals surface area contributed by atoms with Gasteiger partial charge in [-0.25, -0.2) is 9.37 Å². The lowest BCUT2D eigenvalue weighted by Crippen LogP contribution is -2.58. The first-order valence-corrected chi connectivity index (χ1v) is 14.6. The van der Waals surface area contributed by atoms with Crippen molar-refractivity contribution in [2.45, 2.75) is 52.6 Å². The van der Waals surface area contributed by atoms with Crippen molar-refractivity contribution in [2.75, 3.05) is 18.0 Å². The predicted molar refractivity (Wildman–Crippen MR) is 169 cm³/mol. The van der Waals surface area contributed by atoms with E-state index in [4.69, 9.17) is 16.6 Å². The molecule has 0 aliphatic carbocycles. The Morgan fingerprint density at radius 1 is 1.23 bits per heavy atom. The summed E-state index contributed by atoms with van der Waals surface area (Å²) in [6.45, 7) is 13.7. The lowest BCUT2D eigenvalue weighted by molar-refractivity contribution is -0.130. The van der Waals surface area contributed by atoms with Crippen LogP contribution in [0.1, 0.15) is 50.4 Å². The first kappa shape index (κ1) is 30.7. The highest BCUT2D eigenvalue weighted by Gasteiger charge is 2.35. The van der Waals surface area contributed by atoms with Gasteiger partial charge in [-0.1, -0.05) is 38.1 Å². The van der Waals surface area contributed by atoms with E-state index in [1.807, 2.05) is 39.5 Å².